The number of rotatable bonds is 2. The molecule has 0 spiro atoms. The molecule has 0 aliphatic heterocycles. The second-order valence-corrected chi connectivity index (χ2v) is 5.67. The highest BCUT2D eigenvalue weighted by atomic mass is 14.9. The average Bonchev–Trinajstić information content (AvgIpc) is 2.96. The molecule has 0 radical (unpaired) electrons. The standard InChI is InChI=1S/C19H18N2/c1-20-18-10-8-14-12-13(7-9-16(14)18)15-4-2-6-19-17(15)5-3-11-21-19/h2-7,9,11-12,18,20H,8,10H2,1H3. The molecule has 104 valence electrons. The summed E-state index contributed by atoms with van der Waals surface area (Å²) in [7, 11) is 2.05. The molecule has 1 heterocycles. The topological polar surface area (TPSA) is 24.9 Å². The van der Waals surface area contributed by atoms with Gasteiger partial charge in [-0.1, -0.05) is 36.4 Å². The van der Waals surface area contributed by atoms with Gasteiger partial charge in [-0.2, -0.15) is 0 Å². The van der Waals surface area contributed by atoms with E-state index in [-0.39, 0.29) is 0 Å². The van der Waals surface area contributed by atoms with E-state index in [1.807, 2.05) is 19.3 Å². The molecule has 0 fully saturated rings. The van der Waals surface area contributed by atoms with Gasteiger partial charge in [0.15, 0.2) is 0 Å². The minimum absolute atomic E-state index is 0.517. The van der Waals surface area contributed by atoms with Gasteiger partial charge in [0.1, 0.15) is 0 Å². The van der Waals surface area contributed by atoms with E-state index in [1.165, 1.54) is 34.1 Å². The highest BCUT2D eigenvalue weighted by Gasteiger charge is 2.21. The van der Waals surface area contributed by atoms with Crippen LogP contribution >= 0.6 is 0 Å². The maximum absolute atomic E-state index is 4.46. The minimum atomic E-state index is 0.517. The molecule has 0 bridgehead atoms. The van der Waals surface area contributed by atoms with Crippen molar-refractivity contribution in [2.45, 2.75) is 18.9 Å². The van der Waals surface area contributed by atoms with Crippen LogP contribution in [-0.4, -0.2) is 12.0 Å². The highest BCUT2D eigenvalue weighted by Crippen LogP contribution is 2.35. The lowest BCUT2D eigenvalue weighted by atomic mass is 9.97. The second kappa shape index (κ2) is 4.97. The summed E-state index contributed by atoms with van der Waals surface area (Å²) in [6.45, 7) is 0. The Kier molecular flexibility index (Phi) is 2.97. The molecule has 0 saturated carbocycles. The van der Waals surface area contributed by atoms with Gasteiger partial charge in [0.05, 0.1) is 5.52 Å². The smallest absolute Gasteiger partial charge is 0.0708 e. The lowest BCUT2D eigenvalue weighted by Gasteiger charge is -2.12. The Morgan fingerprint density at radius 3 is 2.95 bits per heavy atom. The zero-order valence-electron chi connectivity index (χ0n) is 12.1. The molecule has 21 heavy (non-hydrogen) atoms. The van der Waals surface area contributed by atoms with Crippen molar-refractivity contribution in [1.29, 1.82) is 0 Å². The van der Waals surface area contributed by atoms with E-state index in [0.29, 0.717) is 6.04 Å². The Morgan fingerprint density at radius 1 is 1.10 bits per heavy atom. The van der Waals surface area contributed by atoms with Gasteiger partial charge in [-0.05, 0) is 54.3 Å². The van der Waals surface area contributed by atoms with Crippen LogP contribution in [0.25, 0.3) is 22.0 Å². The first-order valence-corrected chi connectivity index (χ1v) is 7.51. The van der Waals surface area contributed by atoms with E-state index in [9.17, 15) is 0 Å². The van der Waals surface area contributed by atoms with E-state index in [4.69, 9.17) is 0 Å². The van der Waals surface area contributed by atoms with Crippen LogP contribution in [0.1, 0.15) is 23.6 Å². The van der Waals surface area contributed by atoms with Gasteiger partial charge in [-0.25, -0.2) is 0 Å². The maximum atomic E-state index is 4.46. The van der Waals surface area contributed by atoms with Crippen LogP contribution in [0.15, 0.2) is 54.7 Å². The molecule has 1 unspecified atom stereocenters. The predicted molar refractivity (Wildman–Crippen MR) is 87.3 cm³/mol. The fourth-order valence-electron chi connectivity index (χ4n) is 3.44. The SMILES string of the molecule is CNC1CCc2cc(-c3cccc4ncccc34)ccc21. The third-order valence-electron chi connectivity index (χ3n) is 4.53. The number of aryl methyl sites for hydroxylation is 1. The Labute approximate surface area is 124 Å². The van der Waals surface area contributed by atoms with Crippen molar-refractivity contribution < 1.29 is 0 Å². The van der Waals surface area contributed by atoms with Crippen molar-refractivity contribution in [2.24, 2.45) is 0 Å². The lowest BCUT2D eigenvalue weighted by Crippen LogP contribution is -2.12. The Bertz CT molecular complexity index is 802. The summed E-state index contributed by atoms with van der Waals surface area (Å²) in [6.07, 6.45) is 4.22. The van der Waals surface area contributed by atoms with Crippen LogP contribution in [0.5, 0.6) is 0 Å². The first-order chi connectivity index (χ1) is 10.4. The lowest BCUT2D eigenvalue weighted by molar-refractivity contribution is 0.590. The number of fused-ring (bicyclic) bond motifs is 2. The summed E-state index contributed by atoms with van der Waals surface area (Å²) >= 11 is 0. The Morgan fingerprint density at radius 2 is 2.05 bits per heavy atom. The summed E-state index contributed by atoms with van der Waals surface area (Å²) in [6, 6.07) is 17.9. The van der Waals surface area contributed by atoms with Gasteiger partial charge in [0.25, 0.3) is 0 Å². The van der Waals surface area contributed by atoms with Crippen LogP contribution in [0, 0.1) is 0 Å². The molecule has 4 rings (SSSR count). The molecular formula is C19H18N2. The maximum Gasteiger partial charge on any atom is 0.0708 e. The van der Waals surface area contributed by atoms with Crippen molar-refractivity contribution in [2.75, 3.05) is 7.05 Å². The van der Waals surface area contributed by atoms with Crippen molar-refractivity contribution in [3.05, 3.63) is 65.9 Å². The van der Waals surface area contributed by atoms with E-state index in [2.05, 4.69) is 52.8 Å². The van der Waals surface area contributed by atoms with Crippen LogP contribution in [0.3, 0.4) is 0 Å². The van der Waals surface area contributed by atoms with Gasteiger partial charge in [0.2, 0.25) is 0 Å². The molecule has 1 aromatic heterocycles. The molecule has 2 aromatic carbocycles. The highest BCUT2D eigenvalue weighted by molar-refractivity contribution is 5.94. The number of aromatic nitrogens is 1. The average molecular weight is 274 g/mol. The summed E-state index contributed by atoms with van der Waals surface area (Å²) < 4.78 is 0. The molecule has 0 saturated heterocycles. The normalized spacial score (nSPS) is 17.1. The number of nitrogens with one attached hydrogen (secondary N) is 1. The molecular weight excluding hydrogens is 256 g/mol. The zero-order valence-corrected chi connectivity index (χ0v) is 12.1. The van der Waals surface area contributed by atoms with Crippen LogP contribution in [0.4, 0.5) is 0 Å². The fraction of sp³-hybridized carbons (Fsp3) is 0.211. The van der Waals surface area contributed by atoms with Crippen molar-refractivity contribution in [3.63, 3.8) is 0 Å². The fourth-order valence-corrected chi connectivity index (χ4v) is 3.44. The van der Waals surface area contributed by atoms with Crippen molar-refractivity contribution in [1.82, 2.24) is 10.3 Å². The molecule has 1 N–H and O–H groups in total. The van der Waals surface area contributed by atoms with Gasteiger partial charge in [-0.3, -0.25) is 4.98 Å². The first-order valence-electron chi connectivity index (χ1n) is 7.51. The van der Waals surface area contributed by atoms with Crippen LogP contribution < -0.4 is 5.32 Å². The molecule has 1 aliphatic carbocycles. The van der Waals surface area contributed by atoms with Crippen molar-refractivity contribution in [3.8, 4) is 11.1 Å². The molecule has 1 atom stereocenters. The quantitative estimate of drug-likeness (QED) is 0.760. The Balaban J connectivity index is 1.87. The number of nitrogens with zero attached hydrogens (tertiary/aromatic N) is 1. The van der Waals surface area contributed by atoms with E-state index >= 15 is 0 Å². The number of benzene rings is 2. The summed E-state index contributed by atoms with van der Waals surface area (Å²) in [5.74, 6) is 0. The number of hydrogen-bond acceptors (Lipinski definition) is 2. The molecule has 0 amide bonds. The third kappa shape index (κ3) is 2.03. The molecule has 2 nitrogen and oxygen atoms in total. The Hall–Kier alpha value is -2.19. The van der Waals surface area contributed by atoms with Crippen LogP contribution in [0.2, 0.25) is 0 Å². The zero-order chi connectivity index (χ0) is 14.2. The van der Waals surface area contributed by atoms with Gasteiger partial charge >= 0.3 is 0 Å². The summed E-state index contributed by atoms with van der Waals surface area (Å²) in [5, 5.41) is 4.62. The van der Waals surface area contributed by atoms with E-state index < -0.39 is 0 Å². The number of pyridine rings is 1. The van der Waals surface area contributed by atoms with E-state index in [0.717, 1.165) is 11.9 Å². The molecule has 3 aromatic rings. The molecule has 2 heteroatoms. The third-order valence-corrected chi connectivity index (χ3v) is 4.53. The monoisotopic (exact) mass is 274 g/mol. The van der Waals surface area contributed by atoms with Gasteiger partial charge < -0.3 is 5.32 Å². The summed E-state index contributed by atoms with van der Waals surface area (Å²) in [5.41, 5.74) is 6.57. The van der Waals surface area contributed by atoms with Crippen molar-refractivity contribution >= 4 is 10.9 Å². The van der Waals surface area contributed by atoms with Crippen LogP contribution in [-0.2, 0) is 6.42 Å². The molecule has 1 aliphatic rings. The predicted octanol–water partition coefficient (Wildman–Crippen LogP) is 4.11. The van der Waals surface area contributed by atoms with Gasteiger partial charge in [-0.15, -0.1) is 0 Å². The van der Waals surface area contributed by atoms with Gasteiger partial charge in [0, 0.05) is 17.6 Å². The minimum Gasteiger partial charge on any atom is -0.313 e. The summed E-state index contributed by atoms with van der Waals surface area (Å²) in [4.78, 5) is 4.46. The second-order valence-electron chi connectivity index (χ2n) is 5.67. The number of hydrogen-bond donors (Lipinski definition) is 1. The first kappa shape index (κ1) is 12.5. The van der Waals surface area contributed by atoms with E-state index in [1.54, 1.807) is 0 Å². The largest absolute Gasteiger partial charge is 0.313 e.